The Balaban J connectivity index is 0.000000968. The first-order chi connectivity index (χ1) is 15.7. The first-order valence-electron chi connectivity index (χ1n) is 10.4. The molecule has 3 N–H and O–H groups in total. The van der Waals surface area contributed by atoms with E-state index >= 15 is 0 Å². The number of carbonyl (C=O) groups excluding carboxylic acids is 1. The van der Waals surface area contributed by atoms with Gasteiger partial charge in [-0.2, -0.15) is 4.98 Å². The highest BCUT2D eigenvalue weighted by Gasteiger charge is 2.42. The second-order valence-corrected chi connectivity index (χ2v) is 8.39. The molecule has 0 spiro atoms. The van der Waals surface area contributed by atoms with Crippen molar-refractivity contribution in [1.29, 1.82) is 0 Å². The number of benzene rings is 1. The van der Waals surface area contributed by atoms with Crippen LogP contribution in [-0.2, 0) is 26.2 Å². The van der Waals surface area contributed by atoms with Crippen LogP contribution in [0.2, 0.25) is 0 Å². The number of carbonyl (C=O) groups is 2. The number of halogens is 3. The topological polar surface area (TPSA) is 132 Å². The normalized spacial score (nSPS) is 19.9. The number of rotatable bonds is 6. The molecular formula is C21H25F3N4O5. The van der Waals surface area contributed by atoms with Gasteiger partial charge in [0.05, 0.1) is 24.7 Å². The zero-order chi connectivity index (χ0) is 24.2. The van der Waals surface area contributed by atoms with Crippen LogP contribution in [0.3, 0.4) is 0 Å². The van der Waals surface area contributed by atoms with Crippen LogP contribution in [0.25, 0.3) is 0 Å². The molecule has 0 aliphatic carbocycles. The van der Waals surface area contributed by atoms with Gasteiger partial charge in [-0.3, -0.25) is 9.59 Å². The molecule has 0 saturated carbocycles. The quantitative estimate of drug-likeness (QED) is 0.485. The Kier molecular flexibility index (Phi) is 7.69. The highest BCUT2D eigenvalue weighted by Crippen LogP contribution is 2.35. The summed E-state index contributed by atoms with van der Waals surface area (Å²) in [5.41, 5.74) is 5.65. The first kappa shape index (κ1) is 24.6. The molecule has 2 saturated heterocycles. The van der Waals surface area contributed by atoms with Crippen molar-refractivity contribution >= 4 is 12.4 Å². The monoisotopic (exact) mass is 470 g/mol. The summed E-state index contributed by atoms with van der Waals surface area (Å²) >= 11 is 0. The summed E-state index contributed by atoms with van der Waals surface area (Å²) < 4.78 is 50.9. The molecule has 2 atom stereocenters. The Hall–Kier alpha value is -2.99. The third-order valence-corrected chi connectivity index (χ3v) is 5.68. The van der Waals surface area contributed by atoms with Gasteiger partial charge in [0.25, 0.3) is 6.47 Å². The van der Waals surface area contributed by atoms with Crippen molar-refractivity contribution in [2.45, 2.75) is 50.1 Å². The zero-order valence-corrected chi connectivity index (χ0v) is 18.0. The van der Waals surface area contributed by atoms with Crippen molar-refractivity contribution < 1.29 is 37.1 Å². The lowest BCUT2D eigenvalue weighted by Gasteiger charge is -2.34. The lowest BCUT2D eigenvalue weighted by Crippen LogP contribution is -2.44. The molecule has 3 heterocycles. The molecule has 1 aromatic carbocycles. The van der Waals surface area contributed by atoms with E-state index in [9.17, 15) is 18.0 Å². The molecule has 1 aromatic heterocycles. The van der Waals surface area contributed by atoms with Crippen molar-refractivity contribution in [1.82, 2.24) is 15.0 Å². The molecule has 33 heavy (non-hydrogen) atoms. The molecule has 0 bridgehead atoms. The molecule has 2 aliphatic heterocycles. The third kappa shape index (κ3) is 5.50. The maximum Gasteiger partial charge on any atom is 0.290 e. The minimum absolute atomic E-state index is 0.0639. The van der Waals surface area contributed by atoms with Crippen molar-refractivity contribution in [3.63, 3.8) is 0 Å². The van der Waals surface area contributed by atoms with Gasteiger partial charge in [-0.05, 0) is 37.8 Å². The molecule has 0 unspecified atom stereocenters. The number of aromatic nitrogens is 2. The molecule has 2 fully saturated rings. The largest absolute Gasteiger partial charge is 0.483 e. The van der Waals surface area contributed by atoms with Gasteiger partial charge >= 0.3 is 0 Å². The standard InChI is InChI=1S/C20H23F3N4O3.CH2O2/c1-20(9-29-10-20)19-25-18(26-30-19)16-3-2-4-27(16)17(28)7-12(24)5-11-6-14(22)15(23)8-13(11)21;2-1-3/h6,8,12,16H,2-5,7,9-10,24H2,1H3;1H,(H,2,3)/t12-,16+;/m1./s1. The van der Waals surface area contributed by atoms with Gasteiger partial charge in [0.2, 0.25) is 11.8 Å². The van der Waals surface area contributed by atoms with Crippen LogP contribution in [0.4, 0.5) is 13.2 Å². The summed E-state index contributed by atoms with van der Waals surface area (Å²) in [6.45, 7) is 3.27. The summed E-state index contributed by atoms with van der Waals surface area (Å²) in [6.07, 6.45) is 1.34. The van der Waals surface area contributed by atoms with Crippen LogP contribution in [-0.4, -0.2) is 58.3 Å². The van der Waals surface area contributed by atoms with Crippen molar-refractivity contribution in [2.24, 2.45) is 5.73 Å². The van der Waals surface area contributed by atoms with Crippen molar-refractivity contribution in [2.75, 3.05) is 19.8 Å². The zero-order valence-electron chi connectivity index (χ0n) is 18.0. The summed E-state index contributed by atoms with van der Waals surface area (Å²) in [7, 11) is 0. The molecule has 1 amide bonds. The van der Waals surface area contributed by atoms with Crippen molar-refractivity contribution in [3.8, 4) is 0 Å². The van der Waals surface area contributed by atoms with E-state index < -0.39 is 23.5 Å². The maximum atomic E-state index is 13.9. The molecule has 12 heteroatoms. The third-order valence-electron chi connectivity index (χ3n) is 5.68. The number of likely N-dealkylation sites (tertiary alicyclic amines) is 1. The molecule has 0 radical (unpaired) electrons. The minimum atomic E-state index is -1.26. The smallest absolute Gasteiger partial charge is 0.290 e. The fourth-order valence-corrected chi connectivity index (χ4v) is 3.90. The van der Waals surface area contributed by atoms with Gasteiger partial charge in [0.15, 0.2) is 17.5 Å². The number of amides is 1. The Bertz CT molecular complexity index is 998. The van der Waals surface area contributed by atoms with Gasteiger partial charge in [0.1, 0.15) is 5.82 Å². The van der Waals surface area contributed by atoms with Gasteiger partial charge < -0.3 is 25.0 Å². The van der Waals surface area contributed by atoms with Gasteiger partial charge in [-0.1, -0.05) is 5.16 Å². The summed E-state index contributed by atoms with van der Waals surface area (Å²) in [5, 5.41) is 11.0. The Morgan fingerprint density at radius 3 is 2.64 bits per heavy atom. The predicted molar refractivity (Wildman–Crippen MR) is 107 cm³/mol. The highest BCUT2D eigenvalue weighted by atomic mass is 19.2. The van der Waals surface area contributed by atoms with E-state index in [2.05, 4.69) is 10.1 Å². The van der Waals surface area contributed by atoms with Crippen molar-refractivity contribution in [3.05, 3.63) is 46.9 Å². The first-order valence-corrected chi connectivity index (χ1v) is 10.4. The minimum Gasteiger partial charge on any atom is -0.483 e. The second-order valence-electron chi connectivity index (χ2n) is 8.39. The van der Waals surface area contributed by atoms with Crippen LogP contribution in [0.5, 0.6) is 0 Å². The molecule has 2 aromatic rings. The average molecular weight is 470 g/mol. The van der Waals surface area contributed by atoms with E-state index in [1.807, 2.05) is 6.92 Å². The van der Waals surface area contributed by atoms with Crippen LogP contribution >= 0.6 is 0 Å². The number of hydrogen-bond donors (Lipinski definition) is 2. The molecule has 180 valence electrons. The van der Waals surface area contributed by atoms with Crippen LogP contribution in [0.1, 0.15) is 49.5 Å². The lowest BCUT2D eigenvalue weighted by molar-refractivity contribution is -0.132. The van der Waals surface area contributed by atoms with Gasteiger partial charge in [-0.25, -0.2) is 13.2 Å². The average Bonchev–Trinajstić information content (AvgIpc) is 3.40. The Morgan fingerprint density at radius 2 is 2.00 bits per heavy atom. The highest BCUT2D eigenvalue weighted by molar-refractivity contribution is 5.77. The molecule has 9 nitrogen and oxygen atoms in total. The Labute approximate surface area is 187 Å². The summed E-state index contributed by atoms with van der Waals surface area (Å²) in [5.74, 6) is -2.58. The fourth-order valence-electron chi connectivity index (χ4n) is 3.90. The Morgan fingerprint density at radius 1 is 1.33 bits per heavy atom. The molecule has 2 aliphatic rings. The van der Waals surface area contributed by atoms with E-state index in [1.165, 1.54) is 0 Å². The van der Waals surface area contributed by atoms with Gasteiger partial charge in [-0.15, -0.1) is 0 Å². The number of hydrogen-bond acceptors (Lipinski definition) is 7. The predicted octanol–water partition coefficient (Wildman–Crippen LogP) is 2.10. The number of nitrogens with two attached hydrogens (primary N) is 1. The van der Waals surface area contributed by atoms with E-state index in [0.717, 1.165) is 12.5 Å². The van der Waals surface area contributed by atoms with E-state index in [4.69, 9.17) is 24.9 Å². The summed E-state index contributed by atoms with van der Waals surface area (Å²) in [4.78, 5) is 27.3. The maximum absolute atomic E-state index is 13.9. The molecular weight excluding hydrogens is 445 g/mol. The number of ether oxygens (including phenoxy) is 1. The SMILES string of the molecule is CC1(c2nc([C@@H]3CCCN3C(=O)C[C@H](N)Cc3cc(F)c(F)cc3F)no2)COC1.O=CO. The molecule has 4 rings (SSSR count). The van der Waals surface area contributed by atoms with Gasteiger partial charge in [0, 0.05) is 25.1 Å². The fraction of sp³-hybridized carbons (Fsp3) is 0.524. The lowest BCUT2D eigenvalue weighted by atomic mass is 9.89. The van der Waals surface area contributed by atoms with Crippen LogP contribution < -0.4 is 5.73 Å². The van der Waals surface area contributed by atoms with Crippen LogP contribution in [0, 0.1) is 17.5 Å². The second kappa shape index (κ2) is 10.3. The van der Waals surface area contributed by atoms with E-state index in [1.54, 1.807) is 4.90 Å². The van der Waals surface area contributed by atoms with Crippen LogP contribution in [0.15, 0.2) is 16.7 Å². The number of carboxylic acid groups (broad SMARTS) is 1. The number of nitrogens with zero attached hydrogens (tertiary/aromatic N) is 3. The van der Waals surface area contributed by atoms with E-state index in [0.29, 0.717) is 44.0 Å². The summed E-state index contributed by atoms with van der Waals surface area (Å²) in [6, 6.07) is 0.202. The van der Waals surface area contributed by atoms with E-state index in [-0.39, 0.29) is 42.2 Å².